The molecule has 0 bridgehead atoms. The second-order valence-corrected chi connectivity index (χ2v) is 12.2. The summed E-state index contributed by atoms with van der Waals surface area (Å²) in [4.78, 5) is 24.3. The zero-order valence-corrected chi connectivity index (χ0v) is 25.9. The Morgan fingerprint density at radius 1 is 1.12 bits per heavy atom. The van der Waals surface area contributed by atoms with Crippen LogP contribution in [0.1, 0.15) is 87.0 Å². The second-order valence-electron chi connectivity index (χ2n) is 12.2. The maximum Gasteiger partial charge on any atom is 0.309 e. The molecule has 11 unspecified atom stereocenters. The van der Waals surface area contributed by atoms with E-state index in [0.29, 0.717) is 24.7 Å². The first-order valence-electron chi connectivity index (χ1n) is 15.2. The fourth-order valence-corrected chi connectivity index (χ4v) is 6.28. The van der Waals surface area contributed by atoms with Gasteiger partial charge in [0.05, 0.1) is 24.7 Å². The highest BCUT2D eigenvalue weighted by Crippen LogP contribution is 2.45. The Kier molecular flexibility index (Phi) is 14.1. The van der Waals surface area contributed by atoms with Gasteiger partial charge in [-0.05, 0) is 74.3 Å². The van der Waals surface area contributed by atoms with Gasteiger partial charge in [0, 0.05) is 25.9 Å². The minimum atomic E-state index is -0.812. The van der Waals surface area contributed by atoms with E-state index in [1.165, 1.54) is 6.92 Å². The largest absolute Gasteiger partial charge is 0.458 e. The molecular weight excluding hydrogens is 508 g/mol. The molecule has 0 saturated heterocycles. The lowest BCUT2D eigenvalue weighted by Gasteiger charge is -2.46. The van der Waals surface area contributed by atoms with Crippen LogP contribution in [0.15, 0.2) is 36.0 Å². The third kappa shape index (κ3) is 9.85. The Morgan fingerprint density at radius 2 is 1.80 bits per heavy atom. The van der Waals surface area contributed by atoms with Gasteiger partial charge < -0.3 is 24.4 Å². The molecule has 0 amide bonds. The number of cyclic esters (lactones) is 1. The molecule has 1 heterocycles. The third-order valence-electron chi connectivity index (χ3n) is 9.11. The van der Waals surface area contributed by atoms with E-state index in [9.17, 15) is 19.8 Å². The topological polar surface area (TPSA) is 102 Å². The lowest BCUT2D eigenvalue weighted by atomic mass is 9.62. The van der Waals surface area contributed by atoms with Crippen LogP contribution in [0.5, 0.6) is 0 Å². The number of carbonyl (C=O) groups is 2. The molecule has 11 atom stereocenters. The molecule has 0 aromatic rings. The van der Waals surface area contributed by atoms with E-state index in [1.807, 2.05) is 58.1 Å². The number of aliphatic hydroxyl groups is 2. The lowest BCUT2D eigenvalue weighted by molar-refractivity contribution is -0.151. The van der Waals surface area contributed by atoms with Crippen molar-refractivity contribution >= 4 is 11.9 Å². The molecule has 1 fully saturated rings. The van der Waals surface area contributed by atoms with E-state index < -0.39 is 30.4 Å². The van der Waals surface area contributed by atoms with Gasteiger partial charge in [0.2, 0.25) is 0 Å². The molecule has 0 spiro atoms. The maximum absolute atomic E-state index is 12.7. The molecule has 0 aromatic heterocycles. The van der Waals surface area contributed by atoms with Gasteiger partial charge in [-0.1, -0.05) is 58.9 Å². The summed E-state index contributed by atoms with van der Waals surface area (Å²) < 4.78 is 17.0. The molecule has 0 radical (unpaired) electrons. The Labute approximate surface area is 242 Å². The number of esters is 2. The average Bonchev–Trinajstić information content (AvgIpc) is 2.87. The fourth-order valence-electron chi connectivity index (χ4n) is 6.28. The first kappa shape index (κ1) is 34.2. The van der Waals surface area contributed by atoms with Crippen LogP contribution in [0.4, 0.5) is 0 Å². The predicted molar refractivity (Wildman–Crippen MR) is 157 cm³/mol. The molecular formula is C33H54O7. The molecule has 2 rings (SSSR count). The normalized spacial score (nSPS) is 33.6. The summed E-state index contributed by atoms with van der Waals surface area (Å²) >= 11 is 0. The van der Waals surface area contributed by atoms with Crippen molar-refractivity contribution in [3.8, 4) is 0 Å². The summed E-state index contributed by atoms with van der Waals surface area (Å²) in [6.07, 6.45) is 11.8. The standard InChI is InChI=1S/C33H54O7/c1-9-29(38-8)24(6)27-16-17-28(27)32(37)21(3)11-10-12-22(4)33-23(5)14-18-30(39-25(7)34)20(2)13-15-26(35)19-31(36)40-33/h10-12,14,18,20-21,23-24,26-30,32-33,35,37H,9,13,15-17,19H2,1-8H3. The van der Waals surface area contributed by atoms with Crippen LogP contribution in [-0.4, -0.2) is 59.8 Å². The van der Waals surface area contributed by atoms with Crippen molar-refractivity contribution in [3.63, 3.8) is 0 Å². The van der Waals surface area contributed by atoms with E-state index >= 15 is 0 Å². The molecule has 7 heteroatoms. The highest BCUT2D eigenvalue weighted by atomic mass is 16.5. The number of rotatable bonds is 10. The Bertz CT molecular complexity index is 889. The summed E-state index contributed by atoms with van der Waals surface area (Å²) in [5.74, 6) is 0.152. The van der Waals surface area contributed by atoms with Crippen molar-refractivity contribution in [2.45, 2.75) is 118 Å². The van der Waals surface area contributed by atoms with Gasteiger partial charge in [0.15, 0.2) is 0 Å². The van der Waals surface area contributed by atoms with Crippen LogP contribution in [-0.2, 0) is 23.8 Å². The van der Waals surface area contributed by atoms with Crippen LogP contribution in [0.2, 0.25) is 0 Å². The van der Waals surface area contributed by atoms with Crippen molar-refractivity contribution in [2.75, 3.05) is 7.11 Å². The van der Waals surface area contributed by atoms with Gasteiger partial charge in [-0.15, -0.1) is 0 Å². The average molecular weight is 563 g/mol. The van der Waals surface area contributed by atoms with Gasteiger partial charge >= 0.3 is 11.9 Å². The van der Waals surface area contributed by atoms with Crippen LogP contribution >= 0.6 is 0 Å². The summed E-state index contributed by atoms with van der Waals surface area (Å²) in [7, 11) is 1.77. The number of carbonyl (C=O) groups excluding carboxylic acids is 2. The molecule has 1 aliphatic heterocycles. The van der Waals surface area contributed by atoms with E-state index in [4.69, 9.17) is 14.2 Å². The molecule has 228 valence electrons. The van der Waals surface area contributed by atoms with Gasteiger partial charge in [0.25, 0.3) is 0 Å². The van der Waals surface area contributed by atoms with Crippen LogP contribution in [0.3, 0.4) is 0 Å². The zero-order valence-electron chi connectivity index (χ0n) is 25.9. The van der Waals surface area contributed by atoms with Crippen molar-refractivity contribution in [3.05, 3.63) is 36.0 Å². The molecule has 0 aromatic carbocycles. The van der Waals surface area contributed by atoms with Crippen LogP contribution < -0.4 is 0 Å². The third-order valence-corrected chi connectivity index (χ3v) is 9.11. The van der Waals surface area contributed by atoms with E-state index in [2.05, 4.69) is 13.8 Å². The molecule has 40 heavy (non-hydrogen) atoms. The maximum atomic E-state index is 12.7. The van der Waals surface area contributed by atoms with E-state index in [1.54, 1.807) is 7.11 Å². The molecule has 7 nitrogen and oxygen atoms in total. The molecule has 1 saturated carbocycles. The summed E-state index contributed by atoms with van der Waals surface area (Å²) in [6, 6.07) is 0. The first-order valence-corrected chi connectivity index (χ1v) is 15.2. The van der Waals surface area contributed by atoms with Crippen molar-refractivity contribution in [2.24, 2.45) is 35.5 Å². The number of aliphatic hydroxyl groups excluding tert-OH is 2. The second kappa shape index (κ2) is 16.5. The van der Waals surface area contributed by atoms with Crippen molar-refractivity contribution in [1.29, 1.82) is 0 Å². The highest BCUT2D eigenvalue weighted by Gasteiger charge is 2.42. The summed E-state index contributed by atoms with van der Waals surface area (Å²) in [6.45, 7) is 13.7. The molecule has 2 aliphatic rings. The number of ether oxygens (including phenoxy) is 3. The van der Waals surface area contributed by atoms with Crippen LogP contribution in [0.25, 0.3) is 0 Å². The number of hydrogen-bond donors (Lipinski definition) is 2. The smallest absolute Gasteiger partial charge is 0.309 e. The monoisotopic (exact) mass is 562 g/mol. The molecule has 1 aliphatic carbocycles. The number of hydrogen-bond acceptors (Lipinski definition) is 7. The first-order chi connectivity index (χ1) is 18.9. The quantitative estimate of drug-likeness (QED) is 0.197. The van der Waals surface area contributed by atoms with Gasteiger partial charge in [-0.25, -0.2) is 0 Å². The van der Waals surface area contributed by atoms with Gasteiger partial charge in [-0.2, -0.15) is 0 Å². The minimum absolute atomic E-state index is 0.00370. The lowest BCUT2D eigenvalue weighted by Crippen LogP contribution is -2.45. The van der Waals surface area contributed by atoms with E-state index in [0.717, 1.165) is 24.8 Å². The SMILES string of the molecule is CCC(OC)C(C)C1CCC1C(O)C(C)C=CC=C(C)C1OC(=O)CC(O)CCC(C)C(OC(C)=O)C=CC1C. The van der Waals surface area contributed by atoms with E-state index in [-0.39, 0.29) is 42.2 Å². The number of methoxy groups -OCH3 is 1. The zero-order chi connectivity index (χ0) is 30.0. The minimum Gasteiger partial charge on any atom is -0.458 e. The predicted octanol–water partition coefficient (Wildman–Crippen LogP) is 5.79. The fraction of sp³-hybridized carbons (Fsp3) is 0.758. The summed E-state index contributed by atoms with van der Waals surface area (Å²) in [5, 5.41) is 21.5. The van der Waals surface area contributed by atoms with Crippen molar-refractivity contribution < 1.29 is 34.0 Å². The Hall–Kier alpha value is -1.96. The Morgan fingerprint density at radius 3 is 2.38 bits per heavy atom. The van der Waals surface area contributed by atoms with Crippen LogP contribution in [0, 0.1) is 35.5 Å². The Balaban J connectivity index is 2.15. The van der Waals surface area contributed by atoms with Gasteiger partial charge in [0.1, 0.15) is 12.2 Å². The summed E-state index contributed by atoms with van der Waals surface area (Å²) in [5.41, 5.74) is 0.855. The highest BCUT2D eigenvalue weighted by molar-refractivity contribution is 5.70. The molecule has 2 N–H and O–H groups in total. The van der Waals surface area contributed by atoms with Gasteiger partial charge in [-0.3, -0.25) is 9.59 Å². The number of allylic oxidation sites excluding steroid dienone is 2. The van der Waals surface area contributed by atoms with Crippen molar-refractivity contribution in [1.82, 2.24) is 0 Å².